The van der Waals surface area contributed by atoms with Crippen LogP contribution < -0.4 is 10.8 Å². The molecule has 1 saturated heterocycles. The number of aliphatic hydroxyl groups is 1. The number of nitrogens with zero attached hydrogens (tertiary/aromatic N) is 1. The van der Waals surface area contributed by atoms with E-state index in [1.165, 1.54) is 5.56 Å². The van der Waals surface area contributed by atoms with E-state index in [0.717, 1.165) is 39.9 Å². The number of likely N-dealkylation sites (N-methyl/N-ethyl adjacent to an activating group) is 1. The molecule has 2 amide bonds. The van der Waals surface area contributed by atoms with E-state index in [4.69, 9.17) is 14.7 Å². The zero-order valence-electron chi connectivity index (χ0n) is 27.5. The molecule has 0 aromatic heterocycles. The summed E-state index contributed by atoms with van der Waals surface area (Å²) in [5, 5.41) is 21.1. The first kappa shape index (κ1) is 34.9. The molecule has 1 aliphatic heterocycles. The van der Waals surface area contributed by atoms with Crippen molar-refractivity contribution >= 4 is 11.8 Å². The monoisotopic (exact) mass is 651 g/mol. The topological polar surface area (TPSA) is 120 Å². The van der Waals surface area contributed by atoms with Crippen molar-refractivity contribution in [2.24, 2.45) is 0 Å². The molecule has 48 heavy (non-hydrogen) atoms. The maximum Gasteiger partial charge on any atom is 0.243 e. The Labute approximate surface area is 282 Å². The van der Waals surface area contributed by atoms with Gasteiger partial charge in [0.1, 0.15) is 0 Å². The van der Waals surface area contributed by atoms with Gasteiger partial charge in [0.25, 0.3) is 0 Å². The van der Waals surface area contributed by atoms with E-state index in [-0.39, 0.29) is 43.6 Å². The summed E-state index contributed by atoms with van der Waals surface area (Å²) in [6.07, 6.45) is 0.488. The van der Waals surface area contributed by atoms with Gasteiger partial charge in [0, 0.05) is 44.0 Å². The van der Waals surface area contributed by atoms with Crippen LogP contribution >= 0.6 is 0 Å². The van der Waals surface area contributed by atoms with Crippen molar-refractivity contribution in [3.8, 4) is 11.1 Å². The van der Waals surface area contributed by atoms with Gasteiger partial charge >= 0.3 is 0 Å². The van der Waals surface area contributed by atoms with E-state index in [1.807, 2.05) is 66.7 Å². The zero-order valence-corrected chi connectivity index (χ0v) is 27.5. The van der Waals surface area contributed by atoms with Crippen molar-refractivity contribution in [3.63, 3.8) is 0 Å². The molecular weight excluding hydrogens is 606 g/mol. The zero-order chi connectivity index (χ0) is 33.9. The smallest absolute Gasteiger partial charge is 0.243 e. The molecule has 9 heteroatoms. The number of hydroxylamine groups is 1. The van der Waals surface area contributed by atoms with E-state index < -0.39 is 12.2 Å². The van der Waals surface area contributed by atoms with Gasteiger partial charge in [-0.2, -0.15) is 0 Å². The van der Waals surface area contributed by atoms with Gasteiger partial charge in [-0.1, -0.05) is 91.0 Å². The highest BCUT2D eigenvalue weighted by atomic mass is 16.7. The number of rotatable bonds is 14. The number of hydrogen-bond acceptors (Lipinski definition) is 7. The summed E-state index contributed by atoms with van der Waals surface area (Å²) in [6, 6.07) is 34.8. The minimum Gasteiger partial charge on any atom is -0.392 e. The Morgan fingerprint density at radius 2 is 1.54 bits per heavy atom. The number of carbonyl (C=O) groups excluding carboxylic acids is 2. The summed E-state index contributed by atoms with van der Waals surface area (Å²) in [7, 11) is 2.13. The number of ether oxygens (including phenoxy) is 2. The number of nitrogens with one attached hydrogen (secondary N) is 2. The SMILES string of the molecule is C[C@@H](c1ccccc1)N(C)C[C@H]1C[C@@H](c2ccc(CO)cc2)O[C@@H](c2cccc(-c3cccc(CNC(=O)CCCC(=O)NO)c3)c2)O1. The van der Waals surface area contributed by atoms with Gasteiger partial charge in [-0.25, -0.2) is 5.48 Å². The van der Waals surface area contributed by atoms with Crippen LogP contribution in [0.5, 0.6) is 0 Å². The number of amides is 2. The molecule has 9 nitrogen and oxygen atoms in total. The maximum absolute atomic E-state index is 12.3. The van der Waals surface area contributed by atoms with Crippen molar-refractivity contribution in [1.29, 1.82) is 0 Å². The number of aliphatic hydroxyl groups excluding tert-OH is 1. The van der Waals surface area contributed by atoms with Gasteiger partial charge in [-0.05, 0) is 65.9 Å². The summed E-state index contributed by atoms with van der Waals surface area (Å²) < 4.78 is 13.3. The second-order valence-electron chi connectivity index (χ2n) is 12.4. The van der Waals surface area contributed by atoms with Gasteiger partial charge < -0.3 is 19.9 Å². The summed E-state index contributed by atoms with van der Waals surface area (Å²) in [5.41, 5.74) is 8.61. The van der Waals surface area contributed by atoms with Crippen molar-refractivity contribution in [2.75, 3.05) is 13.6 Å². The van der Waals surface area contributed by atoms with Gasteiger partial charge in [0.15, 0.2) is 6.29 Å². The average molecular weight is 652 g/mol. The minimum absolute atomic E-state index is 0.00575. The third kappa shape index (κ3) is 9.59. The summed E-state index contributed by atoms with van der Waals surface area (Å²) in [5.74, 6) is -0.659. The number of hydrogen-bond donors (Lipinski definition) is 4. The molecule has 0 spiro atoms. The molecule has 1 heterocycles. The standard InChI is InChI=1S/C39H45N3O6/c1-27(30-10-4-3-5-11-30)42(2)25-35-23-36(31-19-17-28(26-43)18-20-31)48-39(47-35)34-14-7-13-33(22-34)32-12-6-9-29(21-32)24-40-37(44)15-8-16-38(45)41-46/h3-7,9-14,17-22,27,35-36,39,43,46H,8,15-16,23-26H2,1-2H3,(H,40,44)(H,41,45)/t27-,35+,36-,39-/m0/s1. The summed E-state index contributed by atoms with van der Waals surface area (Å²) in [4.78, 5) is 25.8. The molecule has 1 aliphatic rings. The van der Waals surface area contributed by atoms with Gasteiger partial charge in [-0.3, -0.25) is 19.7 Å². The second-order valence-corrected chi connectivity index (χ2v) is 12.4. The Hall–Kier alpha value is -4.38. The lowest BCUT2D eigenvalue weighted by Gasteiger charge is -2.39. The molecule has 252 valence electrons. The quantitative estimate of drug-likeness (QED) is 0.0923. The van der Waals surface area contributed by atoms with E-state index in [2.05, 4.69) is 60.6 Å². The van der Waals surface area contributed by atoms with Crippen LogP contribution in [-0.2, 0) is 32.2 Å². The normalized spacial score (nSPS) is 18.3. The highest BCUT2D eigenvalue weighted by Gasteiger charge is 2.33. The highest BCUT2D eigenvalue weighted by molar-refractivity contribution is 5.78. The lowest BCUT2D eigenvalue weighted by Crippen LogP contribution is -2.38. The first-order valence-electron chi connectivity index (χ1n) is 16.5. The number of carbonyl (C=O) groups is 2. The van der Waals surface area contributed by atoms with Crippen LogP contribution in [-0.4, -0.2) is 46.7 Å². The maximum atomic E-state index is 12.3. The Morgan fingerprint density at radius 3 is 2.27 bits per heavy atom. The Balaban J connectivity index is 1.31. The fourth-order valence-electron chi connectivity index (χ4n) is 5.98. The lowest BCUT2D eigenvalue weighted by molar-refractivity contribution is -0.253. The van der Waals surface area contributed by atoms with Crippen molar-refractivity contribution in [3.05, 3.63) is 131 Å². The van der Waals surface area contributed by atoms with Gasteiger partial charge in [-0.15, -0.1) is 0 Å². The molecule has 0 radical (unpaired) electrons. The Morgan fingerprint density at radius 1 is 0.833 bits per heavy atom. The molecule has 5 rings (SSSR count). The van der Waals surface area contributed by atoms with Crippen LogP contribution in [0.1, 0.15) is 78.9 Å². The molecular formula is C39H45N3O6. The van der Waals surface area contributed by atoms with Crippen LogP contribution in [0.25, 0.3) is 11.1 Å². The van der Waals surface area contributed by atoms with Crippen LogP contribution in [0.2, 0.25) is 0 Å². The van der Waals surface area contributed by atoms with E-state index in [1.54, 1.807) is 5.48 Å². The molecule has 0 aliphatic carbocycles. The summed E-state index contributed by atoms with van der Waals surface area (Å²) in [6.45, 7) is 3.29. The number of benzene rings is 4. The molecule has 4 aromatic carbocycles. The Kier molecular flexibility index (Phi) is 12.5. The third-order valence-electron chi connectivity index (χ3n) is 8.89. The molecule has 4 N–H and O–H groups in total. The van der Waals surface area contributed by atoms with Gasteiger partial charge in [0.05, 0.1) is 18.8 Å². The van der Waals surface area contributed by atoms with Crippen LogP contribution in [0.3, 0.4) is 0 Å². The molecule has 4 atom stereocenters. The first-order valence-corrected chi connectivity index (χ1v) is 16.5. The average Bonchev–Trinajstić information content (AvgIpc) is 3.14. The van der Waals surface area contributed by atoms with Crippen molar-refractivity contribution in [2.45, 2.75) is 70.3 Å². The predicted octanol–water partition coefficient (Wildman–Crippen LogP) is 6.38. The second kappa shape index (κ2) is 17.1. The van der Waals surface area contributed by atoms with Gasteiger partial charge in [0.2, 0.25) is 11.8 Å². The fraction of sp³-hybridized carbons (Fsp3) is 0.333. The van der Waals surface area contributed by atoms with Crippen LogP contribution in [0, 0.1) is 0 Å². The van der Waals surface area contributed by atoms with Crippen LogP contribution in [0.15, 0.2) is 103 Å². The van der Waals surface area contributed by atoms with Crippen molar-refractivity contribution in [1.82, 2.24) is 15.7 Å². The molecule has 0 saturated carbocycles. The fourth-order valence-corrected chi connectivity index (χ4v) is 5.98. The third-order valence-corrected chi connectivity index (χ3v) is 8.89. The van der Waals surface area contributed by atoms with E-state index in [9.17, 15) is 14.7 Å². The molecule has 1 fully saturated rings. The minimum atomic E-state index is -0.581. The van der Waals surface area contributed by atoms with E-state index >= 15 is 0 Å². The first-order chi connectivity index (χ1) is 23.3. The highest BCUT2D eigenvalue weighted by Crippen LogP contribution is 2.39. The van der Waals surface area contributed by atoms with Crippen LogP contribution in [0.4, 0.5) is 0 Å². The Bertz CT molecular complexity index is 1630. The predicted molar refractivity (Wildman–Crippen MR) is 183 cm³/mol. The lowest BCUT2D eigenvalue weighted by atomic mass is 9.98. The molecule has 0 unspecified atom stereocenters. The van der Waals surface area contributed by atoms with E-state index in [0.29, 0.717) is 19.4 Å². The largest absolute Gasteiger partial charge is 0.392 e. The molecule has 4 aromatic rings. The molecule has 0 bridgehead atoms. The summed E-state index contributed by atoms with van der Waals surface area (Å²) >= 11 is 0. The van der Waals surface area contributed by atoms with Crippen molar-refractivity contribution < 1.29 is 29.4 Å².